The Balaban J connectivity index is 0.00000242. The topological polar surface area (TPSA) is 68.0 Å². The fourth-order valence-corrected chi connectivity index (χ4v) is 2.19. The lowest BCUT2D eigenvalue weighted by Gasteiger charge is -2.13. The number of aliphatic imine (C=N–C) groups is 1. The van der Waals surface area contributed by atoms with Crippen molar-refractivity contribution in [3.63, 3.8) is 0 Å². The Hall–Kier alpha value is -0.800. The monoisotopic (exact) mass is 423 g/mol. The van der Waals surface area contributed by atoms with Crippen LogP contribution in [0, 0.1) is 0 Å². The summed E-state index contributed by atoms with van der Waals surface area (Å²) in [6.45, 7) is 3.72. The molecule has 2 heterocycles. The number of nitrogens with zero attached hydrogens (tertiary/aromatic N) is 1. The fourth-order valence-electron chi connectivity index (χ4n) is 2.19. The van der Waals surface area contributed by atoms with Gasteiger partial charge in [0.2, 0.25) is 0 Å². The maximum Gasteiger partial charge on any atom is 0.191 e. The minimum atomic E-state index is 0. The minimum Gasteiger partial charge on any atom is -0.469 e. The van der Waals surface area contributed by atoms with Gasteiger partial charge in [0, 0.05) is 33.2 Å². The lowest BCUT2D eigenvalue weighted by atomic mass is 10.2. The molecule has 1 aromatic rings. The average Bonchev–Trinajstić information content (AvgIpc) is 3.18. The van der Waals surface area contributed by atoms with Crippen molar-refractivity contribution in [2.24, 2.45) is 4.99 Å². The van der Waals surface area contributed by atoms with E-state index in [2.05, 4.69) is 15.6 Å². The highest BCUT2D eigenvalue weighted by atomic mass is 127. The summed E-state index contributed by atoms with van der Waals surface area (Å²) < 4.78 is 16.0. The van der Waals surface area contributed by atoms with Gasteiger partial charge >= 0.3 is 0 Å². The van der Waals surface area contributed by atoms with Gasteiger partial charge in [0.15, 0.2) is 5.96 Å². The quantitative estimate of drug-likeness (QED) is 0.289. The third kappa shape index (κ3) is 7.46. The van der Waals surface area contributed by atoms with E-state index in [0.717, 1.165) is 50.7 Å². The van der Waals surface area contributed by atoms with Crippen LogP contribution in [0.4, 0.5) is 0 Å². The molecule has 0 spiro atoms. The number of halogens is 1. The van der Waals surface area contributed by atoms with Crippen LogP contribution in [0.5, 0.6) is 0 Å². The van der Waals surface area contributed by atoms with Crippen molar-refractivity contribution in [3.05, 3.63) is 24.2 Å². The summed E-state index contributed by atoms with van der Waals surface area (Å²) in [5.74, 6) is 1.77. The first-order valence-corrected chi connectivity index (χ1v) is 7.53. The number of rotatable bonds is 8. The molecule has 0 bridgehead atoms. The predicted octanol–water partition coefficient (Wildman–Crippen LogP) is 1.80. The van der Waals surface area contributed by atoms with Crippen LogP contribution in [0.3, 0.4) is 0 Å². The largest absolute Gasteiger partial charge is 0.469 e. The van der Waals surface area contributed by atoms with Crippen molar-refractivity contribution in [2.45, 2.75) is 25.4 Å². The van der Waals surface area contributed by atoms with Crippen molar-refractivity contribution in [2.75, 3.05) is 40.0 Å². The molecule has 2 N–H and O–H groups in total. The molecule has 0 aromatic carbocycles. The van der Waals surface area contributed by atoms with E-state index in [-0.39, 0.29) is 30.1 Å². The number of nitrogens with one attached hydrogen (secondary N) is 2. The Bertz CT molecular complexity index is 406. The summed E-state index contributed by atoms with van der Waals surface area (Å²) in [5.41, 5.74) is 0. The van der Waals surface area contributed by atoms with Gasteiger partial charge in [0.05, 0.1) is 25.5 Å². The zero-order valence-corrected chi connectivity index (χ0v) is 15.4. The molecule has 1 saturated heterocycles. The smallest absolute Gasteiger partial charge is 0.191 e. The molecule has 1 unspecified atom stereocenters. The number of guanidine groups is 1. The Labute approximate surface area is 149 Å². The summed E-state index contributed by atoms with van der Waals surface area (Å²) in [7, 11) is 1.69. The molecule has 1 fully saturated rings. The SMILES string of the molecule is COCCNC(=NCC1CCCO1)NCCc1ccco1.I. The summed E-state index contributed by atoms with van der Waals surface area (Å²) in [6.07, 6.45) is 5.02. The van der Waals surface area contributed by atoms with Gasteiger partial charge in [0.25, 0.3) is 0 Å². The molecule has 1 aliphatic heterocycles. The zero-order valence-electron chi connectivity index (χ0n) is 13.0. The molecule has 1 aromatic heterocycles. The third-order valence-electron chi connectivity index (χ3n) is 3.32. The first kappa shape index (κ1) is 19.2. The number of hydrogen-bond donors (Lipinski definition) is 2. The van der Waals surface area contributed by atoms with Crippen molar-refractivity contribution in [3.8, 4) is 0 Å². The van der Waals surface area contributed by atoms with Crippen LogP contribution in [-0.2, 0) is 15.9 Å². The molecule has 22 heavy (non-hydrogen) atoms. The molecule has 2 rings (SSSR count). The zero-order chi connectivity index (χ0) is 14.8. The molecular formula is C15H26IN3O3. The van der Waals surface area contributed by atoms with Gasteiger partial charge in [-0.2, -0.15) is 0 Å². The molecule has 0 amide bonds. The molecule has 126 valence electrons. The van der Waals surface area contributed by atoms with Crippen LogP contribution in [0.25, 0.3) is 0 Å². The van der Waals surface area contributed by atoms with Crippen LogP contribution in [0.1, 0.15) is 18.6 Å². The van der Waals surface area contributed by atoms with E-state index < -0.39 is 0 Å². The summed E-state index contributed by atoms with van der Waals surface area (Å²) in [4.78, 5) is 4.58. The van der Waals surface area contributed by atoms with Crippen molar-refractivity contribution in [1.29, 1.82) is 0 Å². The molecule has 0 radical (unpaired) electrons. The second-order valence-electron chi connectivity index (χ2n) is 5.00. The van der Waals surface area contributed by atoms with Gasteiger partial charge in [-0.3, -0.25) is 4.99 Å². The molecule has 0 aliphatic carbocycles. The van der Waals surface area contributed by atoms with E-state index in [4.69, 9.17) is 13.9 Å². The Morgan fingerprint density at radius 3 is 2.95 bits per heavy atom. The maximum absolute atomic E-state index is 5.59. The van der Waals surface area contributed by atoms with Crippen LogP contribution in [0.2, 0.25) is 0 Å². The van der Waals surface area contributed by atoms with Crippen molar-refractivity contribution < 1.29 is 13.9 Å². The Morgan fingerprint density at radius 2 is 2.27 bits per heavy atom. The first-order valence-electron chi connectivity index (χ1n) is 7.53. The molecule has 1 atom stereocenters. The van der Waals surface area contributed by atoms with Crippen LogP contribution in [0.15, 0.2) is 27.8 Å². The molecule has 6 nitrogen and oxygen atoms in total. The summed E-state index contributed by atoms with van der Waals surface area (Å²) in [5, 5.41) is 6.56. The lowest BCUT2D eigenvalue weighted by Crippen LogP contribution is -2.40. The van der Waals surface area contributed by atoms with Crippen molar-refractivity contribution in [1.82, 2.24) is 10.6 Å². The summed E-state index contributed by atoms with van der Waals surface area (Å²) in [6, 6.07) is 3.88. The second-order valence-corrected chi connectivity index (χ2v) is 5.00. The van der Waals surface area contributed by atoms with E-state index in [1.54, 1.807) is 13.4 Å². The maximum atomic E-state index is 5.59. The predicted molar refractivity (Wildman–Crippen MR) is 97.0 cm³/mol. The highest BCUT2D eigenvalue weighted by Crippen LogP contribution is 2.11. The van der Waals surface area contributed by atoms with Crippen LogP contribution in [-0.4, -0.2) is 52.0 Å². The van der Waals surface area contributed by atoms with Gasteiger partial charge in [-0.05, 0) is 25.0 Å². The average molecular weight is 423 g/mol. The summed E-state index contributed by atoms with van der Waals surface area (Å²) >= 11 is 0. The van der Waals surface area contributed by atoms with E-state index in [9.17, 15) is 0 Å². The van der Waals surface area contributed by atoms with Crippen LogP contribution >= 0.6 is 24.0 Å². The highest BCUT2D eigenvalue weighted by molar-refractivity contribution is 14.0. The molecule has 7 heteroatoms. The first-order chi connectivity index (χ1) is 10.4. The van der Waals surface area contributed by atoms with Gasteiger partial charge < -0.3 is 24.5 Å². The Morgan fingerprint density at radius 1 is 1.41 bits per heavy atom. The van der Waals surface area contributed by atoms with E-state index >= 15 is 0 Å². The van der Waals surface area contributed by atoms with Gasteiger partial charge in [-0.15, -0.1) is 24.0 Å². The van der Waals surface area contributed by atoms with E-state index in [1.165, 1.54) is 0 Å². The number of furan rings is 1. The molecular weight excluding hydrogens is 397 g/mol. The van der Waals surface area contributed by atoms with Gasteiger partial charge in [0.1, 0.15) is 5.76 Å². The van der Waals surface area contributed by atoms with E-state index in [1.807, 2.05) is 12.1 Å². The Kier molecular flexibility index (Phi) is 10.3. The van der Waals surface area contributed by atoms with E-state index in [0.29, 0.717) is 13.2 Å². The second kappa shape index (κ2) is 11.7. The molecule has 0 saturated carbocycles. The number of hydrogen-bond acceptors (Lipinski definition) is 4. The third-order valence-corrected chi connectivity index (χ3v) is 3.32. The number of methoxy groups -OCH3 is 1. The standard InChI is InChI=1S/C15H25N3O3.HI/c1-19-11-8-17-15(18-12-14-5-3-10-21-14)16-7-6-13-4-2-9-20-13;/h2,4,9,14H,3,5-8,10-12H2,1H3,(H2,16,17,18);1H. The van der Waals surface area contributed by atoms with Gasteiger partial charge in [-0.25, -0.2) is 0 Å². The molecule has 1 aliphatic rings. The minimum absolute atomic E-state index is 0. The van der Waals surface area contributed by atoms with Crippen molar-refractivity contribution >= 4 is 29.9 Å². The van der Waals surface area contributed by atoms with Crippen LogP contribution < -0.4 is 10.6 Å². The lowest BCUT2D eigenvalue weighted by molar-refractivity contribution is 0.117. The normalized spacial score (nSPS) is 18.0. The van der Waals surface area contributed by atoms with Gasteiger partial charge in [-0.1, -0.05) is 0 Å². The highest BCUT2D eigenvalue weighted by Gasteiger charge is 2.14. The number of ether oxygens (including phenoxy) is 2. The fraction of sp³-hybridized carbons (Fsp3) is 0.667.